The van der Waals surface area contributed by atoms with Gasteiger partial charge >= 0.3 is 0 Å². The van der Waals surface area contributed by atoms with Crippen molar-refractivity contribution < 1.29 is 4.74 Å². The fraction of sp³-hybridized carbons (Fsp3) is 0.231. The average Bonchev–Trinajstić information content (AvgIpc) is 2.42. The van der Waals surface area contributed by atoms with Crippen molar-refractivity contribution in [3.05, 3.63) is 38.9 Å². The molecule has 0 spiro atoms. The van der Waals surface area contributed by atoms with E-state index in [1.165, 1.54) is 0 Å². The van der Waals surface area contributed by atoms with E-state index in [1.807, 2.05) is 0 Å². The molecule has 0 saturated carbocycles. The van der Waals surface area contributed by atoms with E-state index in [2.05, 4.69) is 38.1 Å². The molecule has 0 aliphatic rings. The lowest BCUT2D eigenvalue weighted by Crippen LogP contribution is -2.05. The van der Waals surface area contributed by atoms with E-state index in [1.54, 1.807) is 24.4 Å². The fourth-order valence-corrected chi connectivity index (χ4v) is 2.13. The third kappa shape index (κ3) is 3.98. The van der Waals surface area contributed by atoms with Crippen LogP contribution in [0.4, 0.5) is 5.95 Å². The molecule has 106 valence electrons. The Balaban J connectivity index is 2.23. The van der Waals surface area contributed by atoms with Crippen molar-refractivity contribution in [1.82, 2.24) is 9.97 Å². The molecule has 4 nitrogen and oxygen atoms in total. The number of aromatic nitrogens is 2. The van der Waals surface area contributed by atoms with Crippen LogP contribution < -0.4 is 10.1 Å². The Kier molecular flexibility index (Phi) is 5.46. The molecular weight excluding hydrogens is 365 g/mol. The highest BCUT2D eigenvalue weighted by atomic mass is 79.9. The molecule has 0 aliphatic heterocycles. The van der Waals surface area contributed by atoms with Crippen molar-refractivity contribution in [3.8, 4) is 11.6 Å². The van der Waals surface area contributed by atoms with E-state index in [0.717, 1.165) is 13.0 Å². The minimum atomic E-state index is 0.392. The van der Waals surface area contributed by atoms with Gasteiger partial charge in [-0.3, -0.25) is 0 Å². The van der Waals surface area contributed by atoms with Crippen LogP contribution in [0.25, 0.3) is 0 Å². The number of halogens is 3. The monoisotopic (exact) mass is 375 g/mol. The van der Waals surface area contributed by atoms with Gasteiger partial charge in [0, 0.05) is 11.6 Å². The molecule has 1 aromatic carbocycles. The lowest BCUT2D eigenvalue weighted by atomic mass is 10.3. The van der Waals surface area contributed by atoms with E-state index in [9.17, 15) is 0 Å². The van der Waals surface area contributed by atoms with Gasteiger partial charge in [0.1, 0.15) is 5.75 Å². The summed E-state index contributed by atoms with van der Waals surface area (Å²) in [6.07, 6.45) is 2.61. The van der Waals surface area contributed by atoms with Crippen LogP contribution in [-0.4, -0.2) is 16.5 Å². The van der Waals surface area contributed by atoms with Gasteiger partial charge in [-0.15, -0.1) is 0 Å². The third-order valence-electron chi connectivity index (χ3n) is 2.35. The topological polar surface area (TPSA) is 47.0 Å². The summed E-state index contributed by atoms with van der Waals surface area (Å²) >= 11 is 15.3. The van der Waals surface area contributed by atoms with Crippen LogP contribution in [0.1, 0.15) is 13.3 Å². The van der Waals surface area contributed by atoms with Gasteiger partial charge in [0.2, 0.25) is 11.8 Å². The Hall–Kier alpha value is -1.04. The smallest absolute Gasteiger partial charge is 0.238 e. The molecule has 0 atom stereocenters. The van der Waals surface area contributed by atoms with E-state index in [0.29, 0.717) is 32.1 Å². The lowest BCUT2D eigenvalue weighted by molar-refractivity contribution is 0.459. The highest BCUT2D eigenvalue weighted by Crippen LogP contribution is 2.33. The van der Waals surface area contributed by atoms with Gasteiger partial charge in [-0.05, 0) is 40.5 Å². The summed E-state index contributed by atoms with van der Waals surface area (Å²) in [5.74, 6) is 1.38. The molecule has 7 heteroatoms. The summed E-state index contributed by atoms with van der Waals surface area (Å²) in [6, 6.07) is 5.01. The minimum Gasteiger partial charge on any atom is -0.436 e. The van der Waals surface area contributed by atoms with Crippen molar-refractivity contribution in [1.29, 1.82) is 0 Å². The van der Waals surface area contributed by atoms with Crippen molar-refractivity contribution in [2.75, 3.05) is 11.9 Å². The zero-order chi connectivity index (χ0) is 14.5. The van der Waals surface area contributed by atoms with Crippen molar-refractivity contribution in [2.45, 2.75) is 13.3 Å². The zero-order valence-corrected chi connectivity index (χ0v) is 13.8. The van der Waals surface area contributed by atoms with Crippen LogP contribution >= 0.6 is 39.1 Å². The predicted octanol–water partition coefficient (Wildman–Crippen LogP) is 5.16. The van der Waals surface area contributed by atoms with Gasteiger partial charge in [-0.2, -0.15) is 4.98 Å². The first-order valence-electron chi connectivity index (χ1n) is 5.99. The molecule has 0 fully saturated rings. The van der Waals surface area contributed by atoms with Crippen LogP contribution in [0.3, 0.4) is 0 Å². The van der Waals surface area contributed by atoms with Gasteiger partial charge in [0.05, 0.1) is 15.7 Å². The Morgan fingerprint density at radius 3 is 2.85 bits per heavy atom. The lowest BCUT2D eigenvalue weighted by Gasteiger charge is -2.10. The van der Waals surface area contributed by atoms with Crippen molar-refractivity contribution in [2.24, 2.45) is 0 Å². The number of hydrogen-bond acceptors (Lipinski definition) is 4. The van der Waals surface area contributed by atoms with Crippen LogP contribution in [0.5, 0.6) is 11.6 Å². The molecule has 20 heavy (non-hydrogen) atoms. The molecule has 2 rings (SSSR count). The van der Waals surface area contributed by atoms with Gasteiger partial charge in [0.25, 0.3) is 0 Å². The first-order valence-corrected chi connectivity index (χ1v) is 7.54. The van der Waals surface area contributed by atoms with Gasteiger partial charge < -0.3 is 10.1 Å². The molecule has 2 aromatic rings. The quantitative estimate of drug-likeness (QED) is 0.782. The summed E-state index contributed by atoms with van der Waals surface area (Å²) in [5, 5.41) is 4.07. The Labute approximate surface area is 135 Å². The molecule has 1 aromatic heterocycles. The van der Waals surface area contributed by atoms with E-state index < -0.39 is 0 Å². The zero-order valence-electron chi connectivity index (χ0n) is 10.7. The number of hydrogen-bond donors (Lipinski definition) is 1. The highest BCUT2D eigenvalue weighted by molar-refractivity contribution is 9.10. The molecule has 0 aliphatic carbocycles. The molecule has 1 heterocycles. The molecule has 0 saturated heterocycles. The summed E-state index contributed by atoms with van der Waals surface area (Å²) < 4.78 is 6.33. The Bertz CT molecular complexity index is 610. The van der Waals surface area contributed by atoms with Gasteiger partial charge in [-0.1, -0.05) is 30.1 Å². The number of ether oxygens (including phenoxy) is 1. The summed E-state index contributed by atoms with van der Waals surface area (Å²) in [5.41, 5.74) is 0. The molecule has 0 bridgehead atoms. The molecule has 0 amide bonds. The molecule has 0 unspecified atom stereocenters. The third-order valence-corrected chi connectivity index (χ3v) is 3.42. The maximum atomic E-state index is 6.07. The van der Waals surface area contributed by atoms with Gasteiger partial charge in [-0.25, -0.2) is 4.98 Å². The number of anilines is 1. The second kappa shape index (κ2) is 7.11. The fourth-order valence-electron chi connectivity index (χ4n) is 1.41. The molecule has 1 N–H and O–H groups in total. The average molecular weight is 377 g/mol. The van der Waals surface area contributed by atoms with E-state index >= 15 is 0 Å². The summed E-state index contributed by atoms with van der Waals surface area (Å²) in [7, 11) is 0. The maximum absolute atomic E-state index is 6.07. The number of benzene rings is 1. The number of nitrogens with zero attached hydrogens (tertiary/aromatic N) is 2. The second-order valence-electron chi connectivity index (χ2n) is 3.95. The highest BCUT2D eigenvalue weighted by Gasteiger charge is 2.10. The van der Waals surface area contributed by atoms with Crippen LogP contribution in [-0.2, 0) is 0 Å². The van der Waals surface area contributed by atoms with Crippen molar-refractivity contribution in [3.63, 3.8) is 0 Å². The molecule has 0 radical (unpaired) electrons. The van der Waals surface area contributed by atoms with Crippen LogP contribution in [0, 0.1) is 0 Å². The normalized spacial score (nSPS) is 10.4. The first kappa shape index (κ1) is 15.4. The Morgan fingerprint density at radius 2 is 2.15 bits per heavy atom. The van der Waals surface area contributed by atoms with Gasteiger partial charge in [0.15, 0.2) is 0 Å². The number of nitrogens with one attached hydrogen (secondary N) is 1. The van der Waals surface area contributed by atoms with Crippen LogP contribution in [0.2, 0.25) is 10.0 Å². The standard InChI is InChI=1S/C13H12BrCl2N3O/c1-2-5-17-13-18-7-9(14)12(19-13)20-11-4-3-8(15)6-10(11)16/h3-4,6-7H,2,5H2,1H3,(H,17,18,19). The SMILES string of the molecule is CCCNc1ncc(Br)c(Oc2ccc(Cl)cc2Cl)n1. The second-order valence-corrected chi connectivity index (χ2v) is 5.65. The van der Waals surface area contributed by atoms with E-state index in [-0.39, 0.29) is 0 Å². The minimum absolute atomic E-state index is 0.392. The molecular formula is C13H12BrCl2N3O. The first-order chi connectivity index (χ1) is 9.60. The Morgan fingerprint density at radius 1 is 1.35 bits per heavy atom. The largest absolute Gasteiger partial charge is 0.436 e. The van der Waals surface area contributed by atoms with Crippen LogP contribution in [0.15, 0.2) is 28.9 Å². The summed E-state index contributed by atoms with van der Waals surface area (Å²) in [4.78, 5) is 8.44. The van der Waals surface area contributed by atoms with E-state index in [4.69, 9.17) is 27.9 Å². The summed E-state index contributed by atoms with van der Waals surface area (Å²) in [6.45, 7) is 2.86. The van der Waals surface area contributed by atoms with Crippen molar-refractivity contribution >= 4 is 45.1 Å². The number of rotatable bonds is 5. The maximum Gasteiger partial charge on any atom is 0.238 e. The predicted molar refractivity (Wildman–Crippen MR) is 85.0 cm³/mol.